The van der Waals surface area contributed by atoms with Gasteiger partial charge in [0.2, 0.25) is 0 Å². The third-order valence-electron chi connectivity index (χ3n) is 0.646. The molecule has 0 aromatic heterocycles. The van der Waals surface area contributed by atoms with Gasteiger partial charge in [0.1, 0.15) is 0 Å². The van der Waals surface area contributed by atoms with E-state index in [1.54, 1.807) is 0 Å². The van der Waals surface area contributed by atoms with Crippen LogP contribution >= 0.6 is 15.9 Å². The van der Waals surface area contributed by atoms with Gasteiger partial charge in [0.25, 0.3) is 0 Å². The molecule has 0 aliphatic heterocycles. The number of hydrogen-bond donors (Lipinski definition) is 0. The molecule has 0 fully saturated rings. The highest BCUT2D eigenvalue weighted by Crippen LogP contribution is 1.97. The summed E-state index contributed by atoms with van der Waals surface area (Å²) in [6.07, 6.45) is 1.93. The molecule has 0 radical (unpaired) electrons. The molecule has 0 nitrogen and oxygen atoms in total. The molecule has 0 amide bonds. The summed E-state index contributed by atoms with van der Waals surface area (Å²) < 4.78 is 0. The third kappa shape index (κ3) is 2.46. The summed E-state index contributed by atoms with van der Waals surface area (Å²) in [6.45, 7) is 5.71. The Morgan fingerprint density at radius 1 is 2.00 bits per heavy atom. The van der Waals surface area contributed by atoms with Crippen LogP contribution in [0.15, 0.2) is 12.7 Å². The van der Waals surface area contributed by atoms with E-state index in [9.17, 15) is 0 Å². The molecule has 0 aliphatic carbocycles. The highest BCUT2D eigenvalue weighted by molar-refractivity contribution is 9.09. The second-order valence-corrected chi connectivity index (χ2v) is 2.01. The van der Waals surface area contributed by atoms with Crippen molar-refractivity contribution in [3.8, 4) is 0 Å². The Balaban J connectivity index is 2.96. The second kappa shape index (κ2) is 3.41. The topological polar surface area (TPSA) is 0 Å². The predicted molar refractivity (Wildman–Crippen MR) is 33.2 cm³/mol. The van der Waals surface area contributed by atoms with E-state index in [0.717, 1.165) is 5.33 Å². The molecule has 36 valence electrons. The monoisotopic (exact) mass is 148 g/mol. The molecule has 0 bridgehead atoms. The summed E-state index contributed by atoms with van der Waals surface area (Å²) in [6, 6.07) is 0. The van der Waals surface area contributed by atoms with E-state index in [-0.39, 0.29) is 0 Å². The predicted octanol–water partition coefficient (Wildman–Crippen LogP) is 2.20. The van der Waals surface area contributed by atoms with Gasteiger partial charge in [-0.05, 0) is 5.92 Å². The zero-order valence-corrected chi connectivity index (χ0v) is 5.53. The van der Waals surface area contributed by atoms with Crippen LogP contribution in [0.2, 0.25) is 0 Å². The first-order chi connectivity index (χ1) is 2.81. The highest BCUT2D eigenvalue weighted by atomic mass is 79.9. The summed E-state index contributed by atoms with van der Waals surface area (Å²) in [5.41, 5.74) is 0. The van der Waals surface area contributed by atoms with Crippen molar-refractivity contribution in [1.29, 1.82) is 0 Å². The zero-order chi connectivity index (χ0) is 4.99. The summed E-state index contributed by atoms with van der Waals surface area (Å²) in [5, 5.41) is 1.02. The Hall–Kier alpha value is 0.220. The molecule has 1 atom stereocenters. The van der Waals surface area contributed by atoms with Gasteiger partial charge in [0.15, 0.2) is 0 Å². The summed E-state index contributed by atoms with van der Waals surface area (Å²) >= 11 is 3.30. The van der Waals surface area contributed by atoms with Crippen molar-refractivity contribution in [2.45, 2.75) is 6.92 Å². The molecule has 0 spiro atoms. The molecule has 0 N–H and O–H groups in total. The Kier molecular flexibility index (Phi) is 3.54. The number of allylic oxidation sites excluding steroid dienone is 1. The van der Waals surface area contributed by atoms with Gasteiger partial charge in [-0.2, -0.15) is 0 Å². The van der Waals surface area contributed by atoms with Crippen LogP contribution in [0.3, 0.4) is 0 Å². The average molecular weight is 149 g/mol. The van der Waals surface area contributed by atoms with Gasteiger partial charge in [-0.1, -0.05) is 28.9 Å². The van der Waals surface area contributed by atoms with E-state index in [4.69, 9.17) is 0 Å². The van der Waals surface area contributed by atoms with Crippen molar-refractivity contribution in [1.82, 2.24) is 0 Å². The van der Waals surface area contributed by atoms with E-state index in [0.29, 0.717) is 5.92 Å². The van der Waals surface area contributed by atoms with E-state index < -0.39 is 0 Å². The van der Waals surface area contributed by atoms with Crippen LogP contribution in [-0.2, 0) is 0 Å². The van der Waals surface area contributed by atoms with Gasteiger partial charge in [-0.15, -0.1) is 6.58 Å². The summed E-state index contributed by atoms with van der Waals surface area (Å²) in [5.74, 6) is 0.616. The molecule has 0 saturated carbocycles. The SMILES string of the molecule is C=CC(C)CBr. The van der Waals surface area contributed by atoms with Crippen molar-refractivity contribution in [3.05, 3.63) is 12.7 Å². The summed E-state index contributed by atoms with van der Waals surface area (Å²) in [7, 11) is 0. The van der Waals surface area contributed by atoms with Crippen LogP contribution in [0.25, 0.3) is 0 Å². The fraction of sp³-hybridized carbons (Fsp3) is 0.600. The molecule has 0 saturated heterocycles. The Labute approximate surface area is 47.4 Å². The summed E-state index contributed by atoms with van der Waals surface area (Å²) in [4.78, 5) is 0. The van der Waals surface area contributed by atoms with Crippen LogP contribution in [0.4, 0.5) is 0 Å². The average Bonchev–Trinajstić information content (AvgIpc) is 1.65. The molecule has 0 aromatic carbocycles. The van der Waals surface area contributed by atoms with Gasteiger partial charge in [-0.3, -0.25) is 0 Å². The van der Waals surface area contributed by atoms with E-state index >= 15 is 0 Å². The van der Waals surface area contributed by atoms with Gasteiger partial charge < -0.3 is 0 Å². The number of rotatable bonds is 2. The van der Waals surface area contributed by atoms with Gasteiger partial charge in [0, 0.05) is 5.33 Å². The quantitative estimate of drug-likeness (QED) is 0.417. The minimum absolute atomic E-state index is 0.616. The van der Waals surface area contributed by atoms with Gasteiger partial charge >= 0.3 is 0 Å². The number of alkyl halides is 1. The first-order valence-corrected chi connectivity index (χ1v) is 3.12. The second-order valence-electron chi connectivity index (χ2n) is 1.37. The molecule has 0 rings (SSSR count). The lowest BCUT2D eigenvalue weighted by Crippen LogP contribution is -1.85. The molecule has 1 unspecified atom stereocenters. The molecular weight excluding hydrogens is 140 g/mol. The Morgan fingerprint density at radius 2 is 2.50 bits per heavy atom. The fourth-order valence-corrected chi connectivity index (χ4v) is 0.327. The molecule has 0 aliphatic rings. The Morgan fingerprint density at radius 3 is 2.50 bits per heavy atom. The number of hydrogen-bond acceptors (Lipinski definition) is 0. The first kappa shape index (κ1) is 6.22. The maximum atomic E-state index is 3.60. The van der Waals surface area contributed by atoms with Crippen molar-refractivity contribution in [2.75, 3.05) is 5.33 Å². The normalized spacial score (nSPS) is 13.7. The largest absolute Gasteiger partial charge is 0.103 e. The van der Waals surface area contributed by atoms with Gasteiger partial charge in [0.05, 0.1) is 0 Å². The maximum absolute atomic E-state index is 3.60. The van der Waals surface area contributed by atoms with Crippen LogP contribution < -0.4 is 0 Å². The van der Waals surface area contributed by atoms with Gasteiger partial charge in [-0.25, -0.2) is 0 Å². The first-order valence-electron chi connectivity index (χ1n) is 1.99. The van der Waals surface area contributed by atoms with E-state index in [1.165, 1.54) is 0 Å². The Bertz CT molecular complexity index is 41.2. The molecule has 0 heterocycles. The fourth-order valence-electron chi connectivity index (χ4n) is 0.0630. The molecule has 0 aromatic rings. The van der Waals surface area contributed by atoms with Crippen molar-refractivity contribution >= 4 is 15.9 Å². The van der Waals surface area contributed by atoms with Crippen molar-refractivity contribution < 1.29 is 0 Å². The zero-order valence-electron chi connectivity index (χ0n) is 3.95. The van der Waals surface area contributed by atoms with E-state index in [1.807, 2.05) is 6.08 Å². The van der Waals surface area contributed by atoms with Crippen LogP contribution in [0, 0.1) is 5.92 Å². The van der Waals surface area contributed by atoms with E-state index in [2.05, 4.69) is 29.4 Å². The van der Waals surface area contributed by atoms with Crippen LogP contribution in [0.5, 0.6) is 0 Å². The van der Waals surface area contributed by atoms with Crippen LogP contribution in [-0.4, -0.2) is 5.33 Å². The molecule has 1 heteroatoms. The standard InChI is InChI=1S/C5H9Br/c1-3-5(2)4-6/h3,5H,1,4H2,2H3. The molecule has 6 heavy (non-hydrogen) atoms. The smallest absolute Gasteiger partial charge is 0.00915 e. The van der Waals surface area contributed by atoms with Crippen molar-refractivity contribution in [3.63, 3.8) is 0 Å². The van der Waals surface area contributed by atoms with Crippen molar-refractivity contribution in [2.24, 2.45) is 5.92 Å². The van der Waals surface area contributed by atoms with Crippen LogP contribution in [0.1, 0.15) is 6.92 Å². The lowest BCUT2D eigenvalue weighted by molar-refractivity contribution is 0.857. The minimum atomic E-state index is 0.616. The lowest BCUT2D eigenvalue weighted by Gasteiger charge is -1.92. The highest BCUT2D eigenvalue weighted by Gasteiger charge is 1.85. The number of halogens is 1. The lowest BCUT2D eigenvalue weighted by atomic mass is 10.2. The maximum Gasteiger partial charge on any atom is 0.00915 e. The molecular formula is C5H9Br. The third-order valence-corrected chi connectivity index (χ3v) is 1.67. The minimum Gasteiger partial charge on any atom is -0.103 e.